The van der Waals surface area contributed by atoms with Gasteiger partial charge in [-0.3, -0.25) is 0 Å². The van der Waals surface area contributed by atoms with Gasteiger partial charge in [0.2, 0.25) is 0 Å². The molecule has 2 N–H and O–H groups in total. The number of benzene rings is 1. The second-order valence-corrected chi connectivity index (χ2v) is 3.18. The summed E-state index contributed by atoms with van der Waals surface area (Å²) in [6, 6.07) is 8.36. The molecule has 0 spiro atoms. The van der Waals surface area contributed by atoms with Gasteiger partial charge in [0.15, 0.2) is 0 Å². The fraction of sp³-hybridized carbons (Fsp3) is 0.400. The van der Waals surface area contributed by atoms with Crippen LogP contribution in [0.5, 0.6) is 0 Å². The lowest BCUT2D eigenvalue weighted by molar-refractivity contribution is 0.141. The lowest BCUT2D eigenvalue weighted by Gasteiger charge is -2.12. The van der Waals surface area contributed by atoms with Crippen LogP contribution in [-0.2, 0) is 11.3 Å². The molecule has 72 valence electrons. The molecule has 3 nitrogen and oxygen atoms in total. The van der Waals surface area contributed by atoms with Gasteiger partial charge in [-0.05, 0) is 24.1 Å². The molecule has 0 aromatic heterocycles. The number of hydrogen-bond donors (Lipinski definition) is 1. The number of hydrogen-bond acceptors (Lipinski definition) is 3. The highest BCUT2D eigenvalue weighted by Crippen LogP contribution is 2.12. The summed E-state index contributed by atoms with van der Waals surface area (Å²) in [6.45, 7) is 0.571. The molecule has 1 rings (SSSR count). The van der Waals surface area contributed by atoms with Crippen molar-refractivity contribution >= 4 is 5.69 Å². The van der Waals surface area contributed by atoms with Crippen LogP contribution >= 0.6 is 0 Å². The van der Waals surface area contributed by atoms with Crippen LogP contribution in [0.2, 0.25) is 0 Å². The molecule has 0 fully saturated rings. The minimum Gasteiger partial charge on any atom is -0.378 e. The van der Waals surface area contributed by atoms with Gasteiger partial charge in [-0.1, -0.05) is 12.1 Å². The van der Waals surface area contributed by atoms with Crippen molar-refractivity contribution in [3.8, 4) is 0 Å². The monoisotopic (exact) mass is 180 g/mol. The molecule has 13 heavy (non-hydrogen) atoms. The SMILES string of the molecule is CN(C)c1ccc(CCON)cc1. The Morgan fingerprint density at radius 3 is 2.31 bits per heavy atom. The van der Waals surface area contributed by atoms with E-state index < -0.39 is 0 Å². The van der Waals surface area contributed by atoms with Gasteiger partial charge in [0.1, 0.15) is 0 Å². The molecule has 0 saturated heterocycles. The Morgan fingerprint density at radius 1 is 1.23 bits per heavy atom. The van der Waals surface area contributed by atoms with Gasteiger partial charge in [0, 0.05) is 19.8 Å². The van der Waals surface area contributed by atoms with E-state index in [-0.39, 0.29) is 0 Å². The van der Waals surface area contributed by atoms with Crippen molar-refractivity contribution in [3.05, 3.63) is 29.8 Å². The van der Waals surface area contributed by atoms with Gasteiger partial charge in [-0.15, -0.1) is 0 Å². The van der Waals surface area contributed by atoms with Crippen LogP contribution in [0, 0.1) is 0 Å². The van der Waals surface area contributed by atoms with Crippen LogP contribution in [0.3, 0.4) is 0 Å². The second kappa shape index (κ2) is 4.84. The first-order valence-corrected chi connectivity index (χ1v) is 4.32. The highest BCUT2D eigenvalue weighted by atomic mass is 16.6. The number of nitrogens with zero attached hydrogens (tertiary/aromatic N) is 1. The number of anilines is 1. The van der Waals surface area contributed by atoms with Gasteiger partial charge >= 0.3 is 0 Å². The Labute approximate surface area is 79.1 Å². The Kier molecular flexibility index (Phi) is 3.73. The fourth-order valence-electron chi connectivity index (χ4n) is 1.14. The van der Waals surface area contributed by atoms with Crippen molar-refractivity contribution in [2.75, 3.05) is 25.6 Å². The van der Waals surface area contributed by atoms with Crippen LogP contribution in [0.15, 0.2) is 24.3 Å². The van der Waals surface area contributed by atoms with Crippen molar-refractivity contribution < 1.29 is 4.84 Å². The summed E-state index contributed by atoms with van der Waals surface area (Å²) >= 11 is 0. The van der Waals surface area contributed by atoms with E-state index in [1.165, 1.54) is 11.3 Å². The Balaban J connectivity index is 2.59. The molecular weight excluding hydrogens is 164 g/mol. The van der Waals surface area contributed by atoms with Gasteiger partial charge in [-0.2, -0.15) is 0 Å². The predicted molar refractivity (Wildman–Crippen MR) is 54.6 cm³/mol. The fourth-order valence-corrected chi connectivity index (χ4v) is 1.14. The maximum Gasteiger partial charge on any atom is 0.0719 e. The zero-order chi connectivity index (χ0) is 9.68. The van der Waals surface area contributed by atoms with Crippen molar-refractivity contribution in [1.82, 2.24) is 0 Å². The molecular formula is C10H16N2O. The molecule has 0 aliphatic heterocycles. The zero-order valence-corrected chi connectivity index (χ0v) is 8.16. The Hall–Kier alpha value is -1.06. The third-order valence-electron chi connectivity index (χ3n) is 1.96. The summed E-state index contributed by atoms with van der Waals surface area (Å²) in [7, 11) is 4.05. The molecule has 0 bridgehead atoms. The zero-order valence-electron chi connectivity index (χ0n) is 8.16. The third kappa shape index (κ3) is 3.05. The third-order valence-corrected chi connectivity index (χ3v) is 1.96. The summed E-state index contributed by atoms with van der Waals surface area (Å²) in [5.74, 6) is 4.95. The normalized spacial score (nSPS) is 10.1. The van der Waals surface area contributed by atoms with Gasteiger partial charge in [-0.25, -0.2) is 5.90 Å². The van der Waals surface area contributed by atoms with Gasteiger partial charge in [0.25, 0.3) is 0 Å². The van der Waals surface area contributed by atoms with Crippen LogP contribution in [0.1, 0.15) is 5.56 Å². The maximum absolute atomic E-state index is 4.95. The molecule has 0 unspecified atom stereocenters. The largest absolute Gasteiger partial charge is 0.378 e. The molecule has 0 heterocycles. The molecule has 1 aromatic rings. The molecule has 0 saturated carbocycles. The molecule has 1 aromatic carbocycles. The highest BCUT2D eigenvalue weighted by molar-refractivity contribution is 5.45. The van der Waals surface area contributed by atoms with E-state index in [0.29, 0.717) is 6.61 Å². The molecule has 0 atom stereocenters. The predicted octanol–water partition coefficient (Wildman–Crippen LogP) is 1.19. The topological polar surface area (TPSA) is 38.5 Å². The average Bonchev–Trinajstić information content (AvgIpc) is 2.15. The summed E-state index contributed by atoms with van der Waals surface area (Å²) in [5.41, 5.74) is 2.45. The van der Waals surface area contributed by atoms with Gasteiger partial charge in [0.05, 0.1) is 6.61 Å². The maximum atomic E-state index is 4.95. The van der Waals surface area contributed by atoms with E-state index in [2.05, 4.69) is 34.0 Å². The Morgan fingerprint density at radius 2 is 1.85 bits per heavy atom. The smallest absolute Gasteiger partial charge is 0.0719 e. The second-order valence-electron chi connectivity index (χ2n) is 3.18. The molecule has 0 aliphatic rings. The summed E-state index contributed by atoms with van der Waals surface area (Å²) < 4.78 is 0. The van der Waals surface area contributed by atoms with Crippen LogP contribution in [0.25, 0.3) is 0 Å². The van der Waals surface area contributed by atoms with Crippen LogP contribution in [0.4, 0.5) is 5.69 Å². The summed E-state index contributed by atoms with van der Waals surface area (Å²) in [6.07, 6.45) is 0.865. The lowest BCUT2D eigenvalue weighted by atomic mass is 10.1. The van der Waals surface area contributed by atoms with E-state index in [4.69, 9.17) is 5.90 Å². The number of rotatable bonds is 4. The quantitative estimate of drug-likeness (QED) is 0.707. The van der Waals surface area contributed by atoms with Crippen LogP contribution < -0.4 is 10.8 Å². The van der Waals surface area contributed by atoms with Crippen molar-refractivity contribution in [1.29, 1.82) is 0 Å². The van der Waals surface area contributed by atoms with E-state index in [1.807, 2.05) is 14.1 Å². The molecule has 3 heteroatoms. The molecule has 0 radical (unpaired) electrons. The number of nitrogens with two attached hydrogens (primary N) is 1. The van der Waals surface area contributed by atoms with E-state index in [1.54, 1.807) is 0 Å². The minimum atomic E-state index is 0.571. The lowest BCUT2D eigenvalue weighted by Crippen LogP contribution is -2.08. The first-order chi connectivity index (χ1) is 6.24. The van der Waals surface area contributed by atoms with Crippen LogP contribution in [-0.4, -0.2) is 20.7 Å². The minimum absolute atomic E-state index is 0.571. The Bertz CT molecular complexity index is 244. The summed E-state index contributed by atoms with van der Waals surface area (Å²) in [5, 5.41) is 0. The molecule has 0 amide bonds. The van der Waals surface area contributed by atoms with Crippen molar-refractivity contribution in [2.45, 2.75) is 6.42 Å². The van der Waals surface area contributed by atoms with E-state index >= 15 is 0 Å². The first kappa shape index (κ1) is 10.0. The standard InChI is InChI=1S/C10H16N2O/c1-12(2)10-5-3-9(4-6-10)7-8-13-11/h3-6H,7-8,11H2,1-2H3. The van der Waals surface area contributed by atoms with Crippen molar-refractivity contribution in [3.63, 3.8) is 0 Å². The summed E-state index contributed by atoms with van der Waals surface area (Å²) in [4.78, 5) is 6.59. The average molecular weight is 180 g/mol. The first-order valence-electron chi connectivity index (χ1n) is 4.32. The highest BCUT2D eigenvalue weighted by Gasteiger charge is 1.95. The van der Waals surface area contributed by atoms with E-state index in [0.717, 1.165) is 6.42 Å². The van der Waals surface area contributed by atoms with E-state index in [9.17, 15) is 0 Å². The molecule has 0 aliphatic carbocycles. The van der Waals surface area contributed by atoms with Gasteiger partial charge < -0.3 is 9.74 Å². The van der Waals surface area contributed by atoms with Crippen molar-refractivity contribution in [2.24, 2.45) is 5.90 Å².